The summed E-state index contributed by atoms with van der Waals surface area (Å²) < 4.78 is 15.7. The third-order valence-corrected chi connectivity index (χ3v) is 4.48. The van der Waals surface area contributed by atoms with Gasteiger partial charge in [-0.1, -0.05) is 13.8 Å². The third kappa shape index (κ3) is 5.95. The van der Waals surface area contributed by atoms with E-state index >= 15 is 0 Å². The average molecular weight is 433 g/mol. The Balaban J connectivity index is 1.57. The van der Waals surface area contributed by atoms with E-state index in [9.17, 15) is 14.4 Å². The monoisotopic (exact) mass is 433 g/mol. The molecule has 164 valence electrons. The van der Waals surface area contributed by atoms with Gasteiger partial charge >= 0.3 is 11.9 Å². The molecule has 0 unspecified atom stereocenters. The van der Waals surface area contributed by atoms with Crippen molar-refractivity contribution in [2.75, 3.05) is 12.4 Å². The first kappa shape index (κ1) is 22.6. The van der Waals surface area contributed by atoms with Gasteiger partial charge in [-0.25, -0.2) is 9.59 Å². The second-order valence-corrected chi connectivity index (χ2v) is 7.20. The number of hydrogen-bond acceptors (Lipinski definition) is 6. The minimum Gasteiger partial charge on any atom is -0.497 e. The van der Waals surface area contributed by atoms with Crippen LogP contribution in [0.5, 0.6) is 17.2 Å². The molecule has 0 atom stereocenters. The van der Waals surface area contributed by atoms with E-state index in [0.29, 0.717) is 34.1 Å². The topological polar surface area (TPSA) is 90.9 Å². The molecular weight excluding hydrogens is 410 g/mol. The summed E-state index contributed by atoms with van der Waals surface area (Å²) >= 11 is 0. The quantitative estimate of drug-likeness (QED) is 0.428. The summed E-state index contributed by atoms with van der Waals surface area (Å²) in [6, 6.07) is 19.1. The molecule has 0 heterocycles. The molecular formula is C25H23NO6. The van der Waals surface area contributed by atoms with E-state index in [2.05, 4.69) is 5.32 Å². The van der Waals surface area contributed by atoms with Crippen molar-refractivity contribution in [3.8, 4) is 17.2 Å². The Kier molecular flexibility index (Phi) is 7.23. The molecule has 0 spiro atoms. The van der Waals surface area contributed by atoms with Crippen molar-refractivity contribution in [3.05, 3.63) is 83.9 Å². The molecule has 0 radical (unpaired) electrons. The van der Waals surface area contributed by atoms with E-state index in [1.165, 1.54) is 24.3 Å². The van der Waals surface area contributed by atoms with E-state index in [1.807, 2.05) is 0 Å². The number of rotatable bonds is 7. The lowest BCUT2D eigenvalue weighted by Crippen LogP contribution is -2.17. The SMILES string of the molecule is COc1ccc(C(=O)Oc2ccc(C(=O)Oc3ccc(NC(=O)C(C)C)cc3)cc2)cc1. The second kappa shape index (κ2) is 10.3. The summed E-state index contributed by atoms with van der Waals surface area (Å²) in [5.41, 5.74) is 1.29. The zero-order chi connectivity index (χ0) is 23.1. The first-order valence-corrected chi connectivity index (χ1v) is 9.95. The fourth-order valence-electron chi connectivity index (χ4n) is 2.61. The Morgan fingerprint density at radius 2 is 1.06 bits per heavy atom. The molecule has 0 aliphatic carbocycles. The average Bonchev–Trinajstić information content (AvgIpc) is 2.80. The molecule has 0 fully saturated rings. The normalized spacial score (nSPS) is 10.4. The molecule has 1 amide bonds. The molecule has 0 aliphatic rings. The van der Waals surface area contributed by atoms with Crippen LogP contribution < -0.4 is 19.5 Å². The Bertz CT molecular complexity index is 1090. The molecule has 0 bridgehead atoms. The van der Waals surface area contributed by atoms with Crippen molar-refractivity contribution in [2.45, 2.75) is 13.8 Å². The highest BCUT2D eigenvalue weighted by molar-refractivity contribution is 5.93. The first-order chi connectivity index (χ1) is 15.4. The standard InChI is InChI=1S/C25H23NO6/c1-16(2)23(27)26-19-8-14-22(15-9-19)32-25(29)18-6-12-21(13-7-18)31-24(28)17-4-10-20(30-3)11-5-17/h4-16H,1-3H3,(H,26,27). The van der Waals surface area contributed by atoms with E-state index in [-0.39, 0.29) is 11.8 Å². The minimum absolute atomic E-state index is 0.0949. The molecule has 0 aromatic heterocycles. The summed E-state index contributed by atoms with van der Waals surface area (Å²) in [5, 5.41) is 2.77. The maximum absolute atomic E-state index is 12.4. The molecule has 3 aromatic rings. The Hall–Kier alpha value is -4.13. The van der Waals surface area contributed by atoms with Crippen molar-refractivity contribution in [1.82, 2.24) is 0 Å². The molecule has 0 saturated carbocycles. The molecule has 3 aromatic carbocycles. The predicted octanol–water partition coefficient (Wildman–Crippen LogP) is 4.73. The van der Waals surface area contributed by atoms with Crippen LogP contribution >= 0.6 is 0 Å². The van der Waals surface area contributed by atoms with Crippen LogP contribution in [0.25, 0.3) is 0 Å². The van der Waals surface area contributed by atoms with E-state index in [0.717, 1.165) is 0 Å². The number of carbonyl (C=O) groups excluding carboxylic acids is 3. The van der Waals surface area contributed by atoms with Gasteiger partial charge in [-0.05, 0) is 72.8 Å². The molecule has 1 N–H and O–H groups in total. The summed E-state index contributed by atoms with van der Waals surface area (Å²) in [7, 11) is 1.54. The molecule has 7 heteroatoms. The second-order valence-electron chi connectivity index (χ2n) is 7.20. The van der Waals surface area contributed by atoms with Gasteiger partial charge in [0.15, 0.2) is 0 Å². The zero-order valence-corrected chi connectivity index (χ0v) is 18.0. The van der Waals surface area contributed by atoms with Crippen LogP contribution in [-0.4, -0.2) is 25.0 Å². The smallest absolute Gasteiger partial charge is 0.343 e. The van der Waals surface area contributed by atoms with Crippen LogP contribution in [0.15, 0.2) is 72.8 Å². The van der Waals surface area contributed by atoms with Crippen LogP contribution in [0, 0.1) is 5.92 Å². The van der Waals surface area contributed by atoms with Gasteiger partial charge in [-0.2, -0.15) is 0 Å². The molecule has 7 nitrogen and oxygen atoms in total. The number of methoxy groups -OCH3 is 1. The Morgan fingerprint density at radius 1 is 0.656 bits per heavy atom. The molecule has 32 heavy (non-hydrogen) atoms. The van der Waals surface area contributed by atoms with Crippen LogP contribution in [0.1, 0.15) is 34.6 Å². The number of esters is 2. The highest BCUT2D eigenvalue weighted by Gasteiger charge is 2.12. The number of carbonyl (C=O) groups is 3. The van der Waals surface area contributed by atoms with E-state index in [4.69, 9.17) is 14.2 Å². The van der Waals surface area contributed by atoms with Crippen LogP contribution in [-0.2, 0) is 4.79 Å². The lowest BCUT2D eigenvalue weighted by molar-refractivity contribution is -0.118. The van der Waals surface area contributed by atoms with Gasteiger partial charge in [0.25, 0.3) is 0 Å². The third-order valence-electron chi connectivity index (χ3n) is 4.48. The van der Waals surface area contributed by atoms with Gasteiger partial charge in [0.2, 0.25) is 5.91 Å². The predicted molar refractivity (Wildman–Crippen MR) is 119 cm³/mol. The lowest BCUT2D eigenvalue weighted by Gasteiger charge is -2.09. The Labute approximate surface area is 185 Å². The van der Waals surface area contributed by atoms with Gasteiger partial charge in [0.05, 0.1) is 18.2 Å². The highest BCUT2D eigenvalue weighted by atomic mass is 16.5. The number of nitrogens with one attached hydrogen (secondary N) is 1. The summed E-state index contributed by atoms with van der Waals surface area (Å²) in [6.07, 6.45) is 0. The fourth-order valence-corrected chi connectivity index (χ4v) is 2.61. The van der Waals surface area contributed by atoms with Crippen molar-refractivity contribution in [3.63, 3.8) is 0 Å². The van der Waals surface area contributed by atoms with Crippen molar-refractivity contribution in [2.24, 2.45) is 5.92 Å². The first-order valence-electron chi connectivity index (χ1n) is 9.95. The Morgan fingerprint density at radius 3 is 1.47 bits per heavy atom. The molecule has 0 aliphatic heterocycles. The van der Waals surface area contributed by atoms with Crippen molar-refractivity contribution in [1.29, 1.82) is 0 Å². The number of benzene rings is 3. The summed E-state index contributed by atoms with van der Waals surface area (Å²) in [6.45, 7) is 3.60. The number of amides is 1. The van der Waals surface area contributed by atoms with Crippen molar-refractivity contribution < 1.29 is 28.6 Å². The fraction of sp³-hybridized carbons (Fsp3) is 0.160. The minimum atomic E-state index is -0.558. The number of anilines is 1. The van der Waals surface area contributed by atoms with Gasteiger partial charge in [0, 0.05) is 11.6 Å². The molecule has 0 saturated heterocycles. The van der Waals surface area contributed by atoms with E-state index in [1.54, 1.807) is 69.5 Å². The van der Waals surface area contributed by atoms with Crippen LogP contribution in [0.4, 0.5) is 5.69 Å². The maximum atomic E-state index is 12.4. The van der Waals surface area contributed by atoms with Gasteiger partial charge in [0.1, 0.15) is 17.2 Å². The van der Waals surface area contributed by atoms with E-state index < -0.39 is 11.9 Å². The molecule has 3 rings (SSSR count). The highest BCUT2D eigenvalue weighted by Crippen LogP contribution is 2.20. The van der Waals surface area contributed by atoms with Gasteiger partial charge < -0.3 is 19.5 Å². The van der Waals surface area contributed by atoms with Crippen molar-refractivity contribution >= 4 is 23.5 Å². The maximum Gasteiger partial charge on any atom is 0.343 e. The summed E-state index contributed by atoms with van der Waals surface area (Å²) in [4.78, 5) is 36.3. The van der Waals surface area contributed by atoms with Crippen LogP contribution in [0.3, 0.4) is 0 Å². The van der Waals surface area contributed by atoms with Gasteiger partial charge in [-0.3, -0.25) is 4.79 Å². The van der Waals surface area contributed by atoms with Gasteiger partial charge in [-0.15, -0.1) is 0 Å². The number of ether oxygens (including phenoxy) is 3. The number of hydrogen-bond donors (Lipinski definition) is 1. The largest absolute Gasteiger partial charge is 0.497 e. The zero-order valence-electron chi connectivity index (χ0n) is 18.0. The lowest BCUT2D eigenvalue weighted by atomic mass is 10.2. The van der Waals surface area contributed by atoms with Crippen LogP contribution in [0.2, 0.25) is 0 Å². The summed E-state index contributed by atoms with van der Waals surface area (Å²) in [5.74, 6) is -0.0300.